The molecule has 0 atom stereocenters. The normalized spacial score (nSPS) is 9.77. The molecule has 0 saturated heterocycles. The van der Waals surface area contributed by atoms with Crippen LogP contribution in [0.3, 0.4) is 0 Å². The summed E-state index contributed by atoms with van der Waals surface area (Å²) in [6.45, 7) is -0.490. The average molecular weight is 181 g/mol. The molecule has 0 saturated carbocycles. The summed E-state index contributed by atoms with van der Waals surface area (Å²) in [7, 11) is 3.37. The maximum Gasteiger partial charge on any atom is 0.253 e. The van der Waals surface area contributed by atoms with Crippen molar-refractivity contribution in [3.63, 3.8) is 0 Å². The summed E-state index contributed by atoms with van der Waals surface area (Å²) >= 11 is 0. The van der Waals surface area contributed by atoms with Gasteiger partial charge in [0.15, 0.2) is 0 Å². The number of benzene rings is 1. The molecule has 0 fully saturated rings. The Morgan fingerprint density at radius 1 is 1.31 bits per heavy atom. The maximum atomic E-state index is 12.1. The van der Waals surface area contributed by atoms with Gasteiger partial charge in [-0.3, -0.25) is 4.79 Å². The van der Waals surface area contributed by atoms with E-state index >= 15 is 0 Å². The summed E-state index contributed by atoms with van der Waals surface area (Å²) in [5.41, 5.74) is 1.18. The van der Waals surface area contributed by atoms with Gasteiger partial charge in [-0.1, -0.05) is 12.1 Å². The van der Waals surface area contributed by atoms with Crippen molar-refractivity contribution in [2.24, 2.45) is 0 Å². The molecule has 0 aliphatic heterocycles. The van der Waals surface area contributed by atoms with Crippen molar-refractivity contribution in [2.45, 2.75) is 6.67 Å². The first-order chi connectivity index (χ1) is 6.15. The molecule has 0 aliphatic carbocycles. The average Bonchev–Trinajstić information content (AvgIpc) is 2.17. The van der Waals surface area contributed by atoms with E-state index in [2.05, 4.69) is 0 Å². The van der Waals surface area contributed by atoms with Crippen molar-refractivity contribution < 1.29 is 9.18 Å². The summed E-state index contributed by atoms with van der Waals surface area (Å²) < 4.78 is 12.1. The van der Waals surface area contributed by atoms with E-state index in [9.17, 15) is 9.18 Å². The first-order valence-corrected chi connectivity index (χ1v) is 4.01. The topological polar surface area (TPSA) is 20.3 Å². The maximum absolute atomic E-state index is 12.1. The number of hydrogen-bond donors (Lipinski definition) is 0. The van der Waals surface area contributed by atoms with E-state index in [1.807, 2.05) is 0 Å². The zero-order valence-corrected chi connectivity index (χ0v) is 7.75. The monoisotopic (exact) mass is 181 g/mol. The molecule has 0 radical (unpaired) electrons. The van der Waals surface area contributed by atoms with Crippen molar-refractivity contribution in [2.75, 3.05) is 14.1 Å². The van der Waals surface area contributed by atoms with Crippen molar-refractivity contribution in [1.29, 1.82) is 0 Å². The van der Waals surface area contributed by atoms with Crippen LogP contribution in [0.2, 0.25) is 0 Å². The van der Waals surface area contributed by atoms with Crippen LogP contribution in [0.5, 0.6) is 0 Å². The van der Waals surface area contributed by atoms with Crippen molar-refractivity contribution in [3.8, 4) is 0 Å². The fraction of sp³-hybridized carbons (Fsp3) is 0.300. The van der Waals surface area contributed by atoms with Crippen LogP contribution in [0.25, 0.3) is 0 Å². The molecule has 0 unspecified atom stereocenters. The molecular weight excluding hydrogens is 169 g/mol. The van der Waals surface area contributed by atoms with Gasteiger partial charge in [0.05, 0.1) is 0 Å². The Labute approximate surface area is 77.0 Å². The number of rotatable bonds is 2. The van der Waals surface area contributed by atoms with Gasteiger partial charge in [-0.15, -0.1) is 0 Å². The van der Waals surface area contributed by atoms with Crippen LogP contribution < -0.4 is 0 Å². The summed E-state index contributed by atoms with van der Waals surface area (Å²) in [6.07, 6.45) is 0. The molecule has 0 spiro atoms. The van der Waals surface area contributed by atoms with E-state index in [-0.39, 0.29) is 5.91 Å². The molecule has 1 amide bonds. The van der Waals surface area contributed by atoms with Gasteiger partial charge in [-0.25, -0.2) is 4.39 Å². The number of carbonyl (C=O) groups excluding carboxylic acids is 1. The molecule has 3 heteroatoms. The molecule has 0 aliphatic rings. The fourth-order valence-corrected chi connectivity index (χ4v) is 0.995. The van der Waals surface area contributed by atoms with Gasteiger partial charge in [-0.05, 0) is 17.7 Å². The standard InChI is InChI=1S/C10H12FNO/c1-12(2)10(13)9-5-3-8(7-11)4-6-9/h3-6H,7H2,1-2H3. The molecule has 0 heterocycles. The molecule has 0 N–H and O–H groups in total. The second kappa shape index (κ2) is 4.03. The van der Waals surface area contributed by atoms with E-state index in [0.29, 0.717) is 11.1 Å². The molecule has 2 nitrogen and oxygen atoms in total. The van der Waals surface area contributed by atoms with Crippen molar-refractivity contribution in [1.82, 2.24) is 4.90 Å². The summed E-state index contributed by atoms with van der Waals surface area (Å²) in [5.74, 6) is -0.0644. The van der Waals surface area contributed by atoms with Gasteiger partial charge in [0.25, 0.3) is 5.91 Å². The number of nitrogens with zero attached hydrogens (tertiary/aromatic N) is 1. The van der Waals surface area contributed by atoms with Crippen LogP contribution >= 0.6 is 0 Å². The fourth-order valence-electron chi connectivity index (χ4n) is 0.995. The van der Waals surface area contributed by atoms with E-state index < -0.39 is 6.67 Å². The molecular formula is C10H12FNO. The van der Waals surface area contributed by atoms with Crippen LogP contribution in [0.4, 0.5) is 4.39 Å². The first kappa shape index (κ1) is 9.71. The Balaban J connectivity index is 2.86. The highest BCUT2D eigenvalue weighted by Crippen LogP contribution is 2.06. The van der Waals surface area contributed by atoms with Gasteiger partial charge in [0.1, 0.15) is 6.67 Å². The third-order valence-electron chi connectivity index (χ3n) is 1.76. The Morgan fingerprint density at radius 2 is 1.85 bits per heavy atom. The molecule has 0 aromatic heterocycles. The molecule has 70 valence electrons. The van der Waals surface area contributed by atoms with E-state index in [0.717, 1.165) is 0 Å². The number of amides is 1. The van der Waals surface area contributed by atoms with Crippen LogP contribution in [-0.4, -0.2) is 24.9 Å². The molecule has 1 rings (SSSR count). The van der Waals surface area contributed by atoms with Gasteiger partial charge in [0.2, 0.25) is 0 Å². The second-order valence-electron chi connectivity index (χ2n) is 3.03. The van der Waals surface area contributed by atoms with Crippen molar-refractivity contribution >= 4 is 5.91 Å². The van der Waals surface area contributed by atoms with Crippen LogP contribution in [0.15, 0.2) is 24.3 Å². The predicted octanol–water partition coefficient (Wildman–Crippen LogP) is 1.86. The summed E-state index contributed by atoms with van der Waals surface area (Å²) in [4.78, 5) is 12.9. The SMILES string of the molecule is CN(C)C(=O)c1ccc(CF)cc1. The summed E-state index contributed by atoms with van der Waals surface area (Å²) in [5, 5.41) is 0. The highest BCUT2D eigenvalue weighted by molar-refractivity contribution is 5.93. The minimum absolute atomic E-state index is 0.0644. The third-order valence-corrected chi connectivity index (χ3v) is 1.76. The molecule has 13 heavy (non-hydrogen) atoms. The van der Waals surface area contributed by atoms with E-state index in [4.69, 9.17) is 0 Å². The van der Waals surface area contributed by atoms with Gasteiger partial charge >= 0.3 is 0 Å². The molecule has 1 aromatic carbocycles. The van der Waals surface area contributed by atoms with E-state index in [1.54, 1.807) is 38.4 Å². The zero-order chi connectivity index (χ0) is 9.84. The molecule has 0 bridgehead atoms. The lowest BCUT2D eigenvalue weighted by Gasteiger charge is -2.09. The highest BCUT2D eigenvalue weighted by Gasteiger charge is 2.06. The van der Waals surface area contributed by atoms with Crippen LogP contribution in [0, 0.1) is 0 Å². The number of carbonyl (C=O) groups is 1. The Bertz CT molecular complexity index is 292. The lowest BCUT2D eigenvalue weighted by molar-refractivity contribution is 0.0827. The largest absolute Gasteiger partial charge is 0.345 e. The van der Waals surface area contributed by atoms with Gasteiger partial charge in [-0.2, -0.15) is 0 Å². The van der Waals surface area contributed by atoms with Crippen LogP contribution in [-0.2, 0) is 6.67 Å². The predicted molar refractivity (Wildman–Crippen MR) is 49.3 cm³/mol. The second-order valence-corrected chi connectivity index (χ2v) is 3.03. The lowest BCUT2D eigenvalue weighted by atomic mass is 10.1. The zero-order valence-electron chi connectivity index (χ0n) is 7.75. The van der Waals surface area contributed by atoms with Gasteiger partial charge in [0, 0.05) is 19.7 Å². The van der Waals surface area contributed by atoms with Crippen LogP contribution in [0.1, 0.15) is 15.9 Å². The smallest absolute Gasteiger partial charge is 0.253 e. The quantitative estimate of drug-likeness (QED) is 0.682. The third kappa shape index (κ3) is 2.28. The lowest BCUT2D eigenvalue weighted by Crippen LogP contribution is -2.21. The summed E-state index contributed by atoms with van der Waals surface area (Å²) in [6, 6.07) is 6.52. The molecule has 1 aromatic rings. The number of halogens is 1. The van der Waals surface area contributed by atoms with Gasteiger partial charge < -0.3 is 4.90 Å². The Kier molecular flexibility index (Phi) is 3.01. The van der Waals surface area contributed by atoms with E-state index in [1.165, 1.54) is 4.90 Å². The number of hydrogen-bond acceptors (Lipinski definition) is 1. The Morgan fingerprint density at radius 3 is 2.23 bits per heavy atom. The van der Waals surface area contributed by atoms with Crippen molar-refractivity contribution in [3.05, 3.63) is 35.4 Å². The minimum Gasteiger partial charge on any atom is -0.345 e. The minimum atomic E-state index is -0.490. The highest BCUT2D eigenvalue weighted by atomic mass is 19.1. The number of alkyl halides is 1. The Hall–Kier alpha value is -1.38. The first-order valence-electron chi connectivity index (χ1n) is 4.01.